The molecule has 2 aromatic rings. The van der Waals surface area contributed by atoms with Gasteiger partial charge in [-0.3, -0.25) is 0 Å². The smallest absolute Gasteiger partial charge is 0.358 e. The van der Waals surface area contributed by atoms with Crippen LogP contribution in [0, 0.1) is 0 Å². The standard InChI is InChI=1S/C13H19N5O3/c1-4-13(21,5-2)8-18-10(9(12(19)20)15-16-18)11-14-6-7-17(11)3/h6-7,21H,4-5,8H2,1-3H3,(H,19,20). The molecule has 0 aliphatic carbocycles. The highest BCUT2D eigenvalue weighted by Gasteiger charge is 2.29. The van der Waals surface area contributed by atoms with Gasteiger partial charge in [0.25, 0.3) is 0 Å². The van der Waals surface area contributed by atoms with E-state index in [1.807, 2.05) is 13.8 Å². The molecule has 2 aromatic heterocycles. The Morgan fingerprint density at radius 1 is 1.38 bits per heavy atom. The van der Waals surface area contributed by atoms with Gasteiger partial charge in [-0.15, -0.1) is 5.10 Å². The summed E-state index contributed by atoms with van der Waals surface area (Å²) in [6.07, 6.45) is 4.35. The number of aromatic nitrogens is 5. The van der Waals surface area contributed by atoms with Crippen molar-refractivity contribution in [1.29, 1.82) is 0 Å². The molecule has 0 aliphatic rings. The van der Waals surface area contributed by atoms with E-state index in [1.54, 1.807) is 24.0 Å². The summed E-state index contributed by atoms with van der Waals surface area (Å²) in [7, 11) is 1.76. The van der Waals surface area contributed by atoms with Crippen LogP contribution in [0.4, 0.5) is 0 Å². The highest BCUT2D eigenvalue weighted by molar-refractivity contribution is 5.91. The second-order valence-corrected chi connectivity index (χ2v) is 5.04. The lowest BCUT2D eigenvalue weighted by molar-refractivity contribution is 0.0118. The fraction of sp³-hybridized carbons (Fsp3) is 0.538. The van der Waals surface area contributed by atoms with E-state index < -0.39 is 11.6 Å². The molecular formula is C13H19N5O3. The third kappa shape index (κ3) is 2.80. The number of aryl methyl sites for hydroxylation is 1. The molecule has 21 heavy (non-hydrogen) atoms. The molecule has 2 N–H and O–H groups in total. The van der Waals surface area contributed by atoms with Gasteiger partial charge in [-0.05, 0) is 12.8 Å². The predicted octanol–water partition coefficient (Wildman–Crippen LogP) is 0.928. The SMILES string of the molecule is CCC(O)(CC)Cn1nnc(C(=O)O)c1-c1nccn1C. The molecule has 2 rings (SSSR count). The summed E-state index contributed by atoms with van der Waals surface area (Å²) >= 11 is 0. The molecule has 0 aromatic carbocycles. The number of nitrogens with zero attached hydrogens (tertiary/aromatic N) is 5. The molecule has 8 nitrogen and oxygen atoms in total. The Morgan fingerprint density at radius 3 is 2.52 bits per heavy atom. The average Bonchev–Trinajstić information content (AvgIpc) is 3.04. The first-order valence-electron chi connectivity index (χ1n) is 6.78. The first-order valence-corrected chi connectivity index (χ1v) is 6.78. The zero-order valence-corrected chi connectivity index (χ0v) is 12.3. The Balaban J connectivity index is 2.53. The second kappa shape index (κ2) is 5.65. The van der Waals surface area contributed by atoms with Gasteiger partial charge in [-0.25, -0.2) is 14.5 Å². The monoisotopic (exact) mass is 293 g/mol. The zero-order valence-electron chi connectivity index (χ0n) is 12.3. The van der Waals surface area contributed by atoms with Crippen molar-refractivity contribution >= 4 is 5.97 Å². The maximum absolute atomic E-state index is 11.3. The van der Waals surface area contributed by atoms with Crippen LogP contribution < -0.4 is 0 Å². The molecule has 0 atom stereocenters. The van der Waals surface area contributed by atoms with Crippen molar-refractivity contribution in [3.8, 4) is 11.5 Å². The maximum atomic E-state index is 11.3. The van der Waals surface area contributed by atoms with Gasteiger partial charge in [0.05, 0.1) is 12.1 Å². The summed E-state index contributed by atoms with van der Waals surface area (Å²) in [4.78, 5) is 15.5. The van der Waals surface area contributed by atoms with Crippen LogP contribution in [-0.2, 0) is 13.6 Å². The van der Waals surface area contributed by atoms with E-state index in [0.717, 1.165) is 0 Å². The maximum Gasteiger partial charge on any atom is 0.358 e. The minimum atomic E-state index is -1.17. The third-order valence-electron chi connectivity index (χ3n) is 3.73. The van der Waals surface area contributed by atoms with Gasteiger partial charge in [0, 0.05) is 19.4 Å². The van der Waals surface area contributed by atoms with Crippen molar-refractivity contribution in [2.24, 2.45) is 7.05 Å². The topological polar surface area (TPSA) is 106 Å². The van der Waals surface area contributed by atoms with Crippen LogP contribution in [0.5, 0.6) is 0 Å². The van der Waals surface area contributed by atoms with Crippen molar-refractivity contribution in [3.63, 3.8) is 0 Å². The van der Waals surface area contributed by atoms with E-state index in [1.165, 1.54) is 4.68 Å². The largest absolute Gasteiger partial charge is 0.476 e. The first-order chi connectivity index (χ1) is 9.91. The third-order valence-corrected chi connectivity index (χ3v) is 3.73. The van der Waals surface area contributed by atoms with Gasteiger partial charge in [0.15, 0.2) is 5.82 Å². The quantitative estimate of drug-likeness (QED) is 0.820. The Hall–Kier alpha value is -2.22. The highest BCUT2D eigenvalue weighted by Crippen LogP contribution is 2.24. The molecule has 0 bridgehead atoms. The van der Waals surface area contributed by atoms with Crippen LogP contribution in [0.1, 0.15) is 37.2 Å². The van der Waals surface area contributed by atoms with Crippen LogP contribution in [0.15, 0.2) is 12.4 Å². The molecule has 0 spiro atoms. The molecule has 2 heterocycles. The van der Waals surface area contributed by atoms with E-state index in [4.69, 9.17) is 0 Å². The number of aliphatic hydroxyl groups is 1. The van der Waals surface area contributed by atoms with Gasteiger partial charge in [-0.1, -0.05) is 19.1 Å². The minimum absolute atomic E-state index is 0.168. The Labute approximate surface area is 122 Å². The molecule has 0 saturated heterocycles. The summed E-state index contributed by atoms with van der Waals surface area (Å²) in [5, 5.41) is 27.3. The highest BCUT2D eigenvalue weighted by atomic mass is 16.4. The van der Waals surface area contributed by atoms with Crippen LogP contribution in [0.3, 0.4) is 0 Å². The number of rotatable bonds is 6. The summed E-state index contributed by atoms with van der Waals surface area (Å²) in [6.45, 7) is 3.92. The molecule has 0 aliphatic heterocycles. The van der Waals surface area contributed by atoms with Gasteiger partial charge in [0.1, 0.15) is 5.69 Å². The summed E-state index contributed by atoms with van der Waals surface area (Å²) < 4.78 is 3.11. The van der Waals surface area contributed by atoms with E-state index in [9.17, 15) is 15.0 Å². The van der Waals surface area contributed by atoms with E-state index in [0.29, 0.717) is 24.4 Å². The predicted molar refractivity (Wildman–Crippen MR) is 74.7 cm³/mol. The summed E-state index contributed by atoms with van der Waals surface area (Å²) in [5.41, 5.74) is -0.821. The van der Waals surface area contributed by atoms with Crippen LogP contribution in [0.2, 0.25) is 0 Å². The lowest BCUT2D eigenvalue weighted by atomic mass is 9.97. The van der Waals surface area contributed by atoms with E-state index >= 15 is 0 Å². The van der Waals surface area contributed by atoms with Crippen LogP contribution >= 0.6 is 0 Å². The van der Waals surface area contributed by atoms with Crippen molar-refractivity contribution in [1.82, 2.24) is 24.5 Å². The molecule has 0 radical (unpaired) electrons. The minimum Gasteiger partial charge on any atom is -0.476 e. The lowest BCUT2D eigenvalue weighted by Crippen LogP contribution is -2.33. The summed E-state index contributed by atoms with van der Waals surface area (Å²) in [6, 6.07) is 0. The number of carboxylic acid groups (broad SMARTS) is 1. The molecule has 8 heteroatoms. The van der Waals surface area contributed by atoms with Crippen molar-refractivity contribution < 1.29 is 15.0 Å². The Bertz CT molecular complexity index is 642. The fourth-order valence-electron chi connectivity index (χ4n) is 2.14. The van der Waals surface area contributed by atoms with Crippen molar-refractivity contribution in [2.45, 2.75) is 38.8 Å². The number of carbonyl (C=O) groups is 1. The van der Waals surface area contributed by atoms with Crippen LogP contribution in [0.25, 0.3) is 11.5 Å². The molecule has 114 valence electrons. The van der Waals surface area contributed by atoms with Gasteiger partial charge in [0.2, 0.25) is 5.69 Å². The number of aromatic carboxylic acids is 1. The molecule has 0 amide bonds. The average molecular weight is 293 g/mol. The fourth-order valence-corrected chi connectivity index (χ4v) is 2.14. The number of hydrogen-bond acceptors (Lipinski definition) is 5. The van der Waals surface area contributed by atoms with Crippen LogP contribution in [-0.4, -0.2) is 46.3 Å². The van der Waals surface area contributed by atoms with Crippen molar-refractivity contribution in [2.75, 3.05) is 0 Å². The zero-order chi connectivity index (χ0) is 15.6. The normalized spacial score (nSPS) is 11.8. The first kappa shape index (κ1) is 15.2. The van der Waals surface area contributed by atoms with Gasteiger partial charge in [-0.2, -0.15) is 0 Å². The van der Waals surface area contributed by atoms with E-state index in [-0.39, 0.29) is 12.2 Å². The molecule has 0 unspecified atom stereocenters. The molecule has 0 fully saturated rings. The van der Waals surface area contributed by atoms with E-state index in [2.05, 4.69) is 15.3 Å². The van der Waals surface area contributed by atoms with Crippen molar-refractivity contribution in [3.05, 3.63) is 18.1 Å². The number of carboxylic acids is 1. The Kier molecular flexibility index (Phi) is 4.08. The second-order valence-electron chi connectivity index (χ2n) is 5.04. The van der Waals surface area contributed by atoms with Gasteiger partial charge >= 0.3 is 5.97 Å². The molecular weight excluding hydrogens is 274 g/mol. The Morgan fingerprint density at radius 2 is 2.05 bits per heavy atom. The number of hydrogen-bond donors (Lipinski definition) is 2. The van der Waals surface area contributed by atoms with Gasteiger partial charge < -0.3 is 14.8 Å². The molecule has 0 saturated carbocycles. The summed E-state index contributed by atoms with van der Waals surface area (Å²) in [5.74, 6) is -0.720. The number of imidazole rings is 1. The lowest BCUT2D eigenvalue weighted by Gasteiger charge is -2.25.